The fourth-order valence-electron chi connectivity index (χ4n) is 3.52. The van der Waals surface area contributed by atoms with Crippen LogP contribution in [0.3, 0.4) is 0 Å². The fourth-order valence-corrected chi connectivity index (χ4v) is 3.52. The van der Waals surface area contributed by atoms with Crippen molar-refractivity contribution in [1.29, 1.82) is 0 Å². The van der Waals surface area contributed by atoms with Crippen LogP contribution < -0.4 is 5.32 Å². The number of halogens is 1. The number of hydrogen-bond acceptors (Lipinski definition) is 3. The maximum Gasteiger partial charge on any atom is 0.225 e. The largest absolute Gasteiger partial charge is 0.340 e. The summed E-state index contributed by atoms with van der Waals surface area (Å²) in [5.41, 5.74) is 0. The molecule has 1 atom stereocenters. The first-order chi connectivity index (χ1) is 8.34. The van der Waals surface area contributed by atoms with E-state index in [1.54, 1.807) is 0 Å². The van der Waals surface area contributed by atoms with Crippen molar-refractivity contribution in [3.05, 3.63) is 0 Å². The molecule has 3 aliphatic rings. The van der Waals surface area contributed by atoms with Crippen LogP contribution in [0.4, 0.5) is 0 Å². The SMILES string of the molecule is Cl.O=C(C1CCNCC1)N1CCN2CCCC2C1. The van der Waals surface area contributed by atoms with Gasteiger partial charge in [-0.3, -0.25) is 9.69 Å². The van der Waals surface area contributed by atoms with Crippen molar-refractivity contribution in [3.8, 4) is 0 Å². The topological polar surface area (TPSA) is 35.6 Å². The Morgan fingerprint density at radius 3 is 2.61 bits per heavy atom. The molecule has 4 nitrogen and oxygen atoms in total. The first-order valence-corrected chi connectivity index (χ1v) is 7.08. The lowest BCUT2D eigenvalue weighted by Gasteiger charge is -2.39. The Morgan fingerprint density at radius 1 is 1.06 bits per heavy atom. The minimum atomic E-state index is 0. The van der Waals surface area contributed by atoms with Gasteiger partial charge in [0.25, 0.3) is 0 Å². The summed E-state index contributed by atoms with van der Waals surface area (Å²) in [5, 5.41) is 3.33. The molecule has 0 aromatic carbocycles. The Bertz CT molecular complexity index is 294. The number of amides is 1. The number of piperidine rings is 1. The molecule has 0 saturated carbocycles. The van der Waals surface area contributed by atoms with Crippen LogP contribution in [0.2, 0.25) is 0 Å². The van der Waals surface area contributed by atoms with E-state index in [-0.39, 0.29) is 12.4 Å². The van der Waals surface area contributed by atoms with Crippen molar-refractivity contribution in [1.82, 2.24) is 15.1 Å². The van der Waals surface area contributed by atoms with E-state index in [4.69, 9.17) is 0 Å². The average molecular weight is 274 g/mol. The monoisotopic (exact) mass is 273 g/mol. The standard InChI is InChI=1S/C13H23N3O.ClH/c17-13(11-3-5-14-6-4-11)16-9-8-15-7-1-2-12(15)10-16;/h11-12,14H,1-10H2;1H. The van der Waals surface area contributed by atoms with E-state index in [1.165, 1.54) is 19.4 Å². The average Bonchev–Trinajstić information content (AvgIpc) is 2.86. The molecule has 18 heavy (non-hydrogen) atoms. The second-order valence-corrected chi connectivity index (χ2v) is 5.64. The van der Waals surface area contributed by atoms with Gasteiger partial charge in [0.1, 0.15) is 0 Å². The highest BCUT2D eigenvalue weighted by atomic mass is 35.5. The minimum absolute atomic E-state index is 0. The van der Waals surface area contributed by atoms with Gasteiger partial charge in [0.15, 0.2) is 0 Å². The third-order valence-electron chi connectivity index (χ3n) is 4.59. The van der Waals surface area contributed by atoms with E-state index in [1.807, 2.05) is 0 Å². The van der Waals surface area contributed by atoms with Gasteiger partial charge < -0.3 is 10.2 Å². The van der Waals surface area contributed by atoms with Crippen molar-refractivity contribution in [2.24, 2.45) is 5.92 Å². The zero-order valence-electron chi connectivity index (χ0n) is 10.9. The molecule has 1 N–H and O–H groups in total. The van der Waals surface area contributed by atoms with Crippen LogP contribution in [0.1, 0.15) is 25.7 Å². The molecule has 5 heteroatoms. The Balaban J connectivity index is 0.00000120. The molecule has 3 saturated heterocycles. The van der Waals surface area contributed by atoms with Crippen molar-refractivity contribution in [2.75, 3.05) is 39.3 Å². The lowest BCUT2D eigenvalue weighted by atomic mass is 9.96. The van der Waals surface area contributed by atoms with Crippen LogP contribution in [0, 0.1) is 5.92 Å². The number of carbonyl (C=O) groups is 1. The first-order valence-electron chi connectivity index (χ1n) is 7.08. The van der Waals surface area contributed by atoms with Crippen molar-refractivity contribution in [3.63, 3.8) is 0 Å². The summed E-state index contributed by atoms with van der Waals surface area (Å²) in [4.78, 5) is 17.1. The second kappa shape index (κ2) is 6.22. The molecule has 0 aliphatic carbocycles. The molecular formula is C13H24ClN3O. The van der Waals surface area contributed by atoms with Gasteiger partial charge in [0, 0.05) is 31.6 Å². The van der Waals surface area contributed by atoms with Crippen LogP contribution in [-0.2, 0) is 4.79 Å². The third-order valence-corrected chi connectivity index (χ3v) is 4.59. The van der Waals surface area contributed by atoms with E-state index in [9.17, 15) is 4.79 Å². The van der Waals surface area contributed by atoms with E-state index < -0.39 is 0 Å². The summed E-state index contributed by atoms with van der Waals surface area (Å²) >= 11 is 0. The Kier molecular flexibility index (Phi) is 4.87. The summed E-state index contributed by atoms with van der Waals surface area (Å²) in [5.74, 6) is 0.724. The summed E-state index contributed by atoms with van der Waals surface area (Å²) in [7, 11) is 0. The molecular weight excluding hydrogens is 250 g/mol. The van der Waals surface area contributed by atoms with Gasteiger partial charge in [-0.15, -0.1) is 12.4 Å². The maximum atomic E-state index is 12.4. The predicted octanol–water partition coefficient (Wildman–Crippen LogP) is 0.714. The third kappa shape index (κ3) is 2.81. The van der Waals surface area contributed by atoms with Gasteiger partial charge in [-0.2, -0.15) is 0 Å². The molecule has 3 fully saturated rings. The molecule has 0 bridgehead atoms. The van der Waals surface area contributed by atoms with Gasteiger partial charge in [0.2, 0.25) is 5.91 Å². The van der Waals surface area contributed by atoms with Crippen molar-refractivity contribution < 1.29 is 4.79 Å². The zero-order chi connectivity index (χ0) is 11.7. The fraction of sp³-hybridized carbons (Fsp3) is 0.923. The maximum absolute atomic E-state index is 12.4. The number of carbonyl (C=O) groups excluding carboxylic acids is 1. The molecule has 0 aromatic rings. The molecule has 3 heterocycles. The molecule has 3 rings (SSSR count). The second-order valence-electron chi connectivity index (χ2n) is 5.64. The van der Waals surface area contributed by atoms with Gasteiger partial charge in [-0.05, 0) is 45.3 Å². The summed E-state index contributed by atoms with van der Waals surface area (Å²) in [6, 6.07) is 0.661. The highest BCUT2D eigenvalue weighted by Gasteiger charge is 2.34. The summed E-state index contributed by atoms with van der Waals surface area (Å²) in [6.07, 6.45) is 4.67. The molecule has 0 spiro atoms. The molecule has 0 radical (unpaired) electrons. The minimum Gasteiger partial charge on any atom is -0.340 e. The number of nitrogens with one attached hydrogen (secondary N) is 1. The van der Waals surface area contributed by atoms with Crippen LogP contribution in [0.15, 0.2) is 0 Å². The van der Waals surface area contributed by atoms with Gasteiger partial charge >= 0.3 is 0 Å². The lowest BCUT2D eigenvalue weighted by Crippen LogP contribution is -2.54. The van der Waals surface area contributed by atoms with Crippen molar-refractivity contribution in [2.45, 2.75) is 31.7 Å². The summed E-state index contributed by atoms with van der Waals surface area (Å²) < 4.78 is 0. The Morgan fingerprint density at radius 2 is 1.83 bits per heavy atom. The molecule has 0 aromatic heterocycles. The van der Waals surface area contributed by atoms with Crippen molar-refractivity contribution >= 4 is 18.3 Å². The molecule has 104 valence electrons. The quantitative estimate of drug-likeness (QED) is 0.765. The van der Waals surface area contributed by atoms with Gasteiger partial charge in [0.05, 0.1) is 0 Å². The smallest absolute Gasteiger partial charge is 0.225 e. The normalized spacial score (nSPS) is 29.8. The predicted molar refractivity (Wildman–Crippen MR) is 74.0 cm³/mol. The zero-order valence-corrected chi connectivity index (χ0v) is 11.8. The number of rotatable bonds is 1. The number of piperazine rings is 1. The van der Waals surface area contributed by atoms with Crippen LogP contribution >= 0.6 is 12.4 Å². The Labute approximate surface area is 115 Å². The van der Waals surface area contributed by atoms with E-state index in [0.29, 0.717) is 17.9 Å². The molecule has 1 amide bonds. The summed E-state index contributed by atoms with van der Waals surface area (Å²) in [6.45, 7) is 6.32. The van der Waals surface area contributed by atoms with Gasteiger partial charge in [-0.25, -0.2) is 0 Å². The highest BCUT2D eigenvalue weighted by molar-refractivity contribution is 5.85. The lowest BCUT2D eigenvalue weighted by molar-refractivity contribution is -0.139. The van der Waals surface area contributed by atoms with Crippen LogP contribution in [-0.4, -0.2) is 61.0 Å². The van der Waals surface area contributed by atoms with E-state index in [2.05, 4.69) is 15.1 Å². The van der Waals surface area contributed by atoms with E-state index in [0.717, 1.165) is 45.6 Å². The number of nitrogens with zero attached hydrogens (tertiary/aromatic N) is 2. The van der Waals surface area contributed by atoms with E-state index >= 15 is 0 Å². The Hall–Kier alpha value is -0.320. The number of fused-ring (bicyclic) bond motifs is 1. The highest BCUT2D eigenvalue weighted by Crippen LogP contribution is 2.24. The first kappa shape index (κ1) is 14.1. The van der Waals surface area contributed by atoms with Crippen LogP contribution in [0.25, 0.3) is 0 Å². The van der Waals surface area contributed by atoms with Crippen LogP contribution in [0.5, 0.6) is 0 Å². The number of hydrogen-bond donors (Lipinski definition) is 1. The molecule has 1 unspecified atom stereocenters. The van der Waals surface area contributed by atoms with Gasteiger partial charge in [-0.1, -0.05) is 0 Å². The molecule has 3 aliphatic heterocycles.